The van der Waals surface area contributed by atoms with E-state index in [1.165, 1.54) is 6.39 Å². The minimum atomic E-state index is -0.421. The first-order valence-electron chi connectivity index (χ1n) is 5.99. The minimum Gasteiger partial charge on any atom is -0.354 e. The number of carbonyl (C=O) groups excluding carboxylic acids is 1. The van der Waals surface area contributed by atoms with Crippen molar-refractivity contribution in [3.63, 3.8) is 0 Å². The first kappa shape index (κ1) is 12.0. The van der Waals surface area contributed by atoms with Crippen LogP contribution in [-0.2, 0) is 11.2 Å². The second-order valence-electron chi connectivity index (χ2n) is 4.57. The maximum Gasteiger partial charge on any atom is 0.240 e. The lowest BCUT2D eigenvalue weighted by Gasteiger charge is -2.33. The van der Waals surface area contributed by atoms with Gasteiger partial charge in [-0.3, -0.25) is 4.79 Å². The largest absolute Gasteiger partial charge is 0.354 e. The molecule has 0 spiro atoms. The molecule has 0 saturated carbocycles. The van der Waals surface area contributed by atoms with Crippen LogP contribution in [0.4, 0.5) is 0 Å². The molecule has 1 unspecified atom stereocenters. The molecule has 0 radical (unpaired) electrons. The molecular formula is C11H18N4O2. The summed E-state index contributed by atoms with van der Waals surface area (Å²) in [6, 6.07) is 0. The molecule has 0 aliphatic carbocycles. The van der Waals surface area contributed by atoms with E-state index in [1.54, 1.807) is 0 Å². The fraction of sp³-hybridized carbons (Fsp3) is 0.727. The van der Waals surface area contributed by atoms with Crippen LogP contribution in [0.2, 0.25) is 0 Å². The number of amides is 1. The van der Waals surface area contributed by atoms with E-state index in [1.807, 2.05) is 6.92 Å². The zero-order valence-electron chi connectivity index (χ0n) is 10.0. The monoisotopic (exact) mass is 238 g/mol. The highest BCUT2D eigenvalue weighted by molar-refractivity contribution is 5.85. The summed E-state index contributed by atoms with van der Waals surface area (Å²) in [6.07, 6.45) is 5.02. The third-order valence-corrected chi connectivity index (χ3v) is 3.16. The van der Waals surface area contributed by atoms with Gasteiger partial charge in [-0.05, 0) is 32.7 Å². The van der Waals surface area contributed by atoms with Gasteiger partial charge in [0.1, 0.15) is 0 Å². The summed E-state index contributed by atoms with van der Waals surface area (Å²) in [4.78, 5) is 15.9. The Bertz CT molecular complexity index is 358. The Kier molecular flexibility index (Phi) is 3.73. The third-order valence-electron chi connectivity index (χ3n) is 3.16. The number of rotatable bonds is 4. The van der Waals surface area contributed by atoms with Gasteiger partial charge in [0.25, 0.3) is 0 Å². The first-order valence-corrected chi connectivity index (χ1v) is 5.99. The number of carbonyl (C=O) groups is 1. The van der Waals surface area contributed by atoms with Gasteiger partial charge in [-0.1, -0.05) is 5.16 Å². The molecule has 1 aromatic rings. The smallest absolute Gasteiger partial charge is 0.240 e. The van der Waals surface area contributed by atoms with Gasteiger partial charge in [-0.15, -0.1) is 0 Å². The van der Waals surface area contributed by atoms with E-state index in [0.717, 1.165) is 25.8 Å². The zero-order chi connectivity index (χ0) is 12.1. The molecule has 94 valence electrons. The highest BCUT2D eigenvalue weighted by Crippen LogP contribution is 2.18. The number of nitrogens with one attached hydrogen (secondary N) is 2. The Hall–Kier alpha value is -1.43. The number of aromatic nitrogens is 2. The van der Waals surface area contributed by atoms with Crippen LogP contribution in [0.3, 0.4) is 0 Å². The lowest BCUT2D eigenvalue weighted by molar-refractivity contribution is -0.127. The second kappa shape index (κ2) is 5.27. The summed E-state index contributed by atoms with van der Waals surface area (Å²) in [7, 11) is 0. The first-order chi connectivity index (χ1) is 8.21. The van der Waals surface area contributed by atoms with Crippen LogP contribution in [0.1, 0.15) is 32.0 Å². The minimum absolute atomic E-state index is 0.0562. The van der Waals surface area contributed by atoms with Crippen LogP contribution >= 0.6 is 0 Å². The van der Waals surface area contributed by atoms with E-state index in [0.29, 0.717) is 18.8 Å². The van der Waals surface area contributed by atoms with Crippen LogP contribution in [0, 0.1) is 0 Å². The lowest BCUT2D eigenvalue weighted by atomic mass is 9.90. The van der Waals surface area contributed by atoms with Crippen LogP contribution in [-0.4, -0.2) is 34.7 Å². The predicted molar refractivity (Wildman–Crippen MR) is 61.3 cm³/mol. The Morgan fingerprint density at radius 1 is 1.65 bits per heavy atom. The Morgan fingerprint density at radius 2 is 2.53 bits per heavy atom. The van der Waals surface area contributed by atoms with Crippen molar-refractivity contribution in [2.45, 2.75) is 38.1 Å². The zero-order valence-corrected chi connectivity index (χ0v) is 10.0. The maximum absolute atomic E-state index is 12.0. The molecule has 1 amide bonds. The van der Waals surface area contributed by atoms with E-state index >= 15 is 0 Å². The highest BCUT2D eigenvalue weighted by Gasteiger charge is 2.33. The summed E-state index contributed by atoms with van der Waals surface area (Å²) >= 11 is 0. The molecule has 6 heteroatoms. The summed E-state index contributed by atoms with van der Waals surface area (Å²) in [6.45, 7) is 3.40. The quantitative estimate of drug-likeness (QED) is 0.786. The maximum atomic E-state index is 12.0. The van der Waals surface area contributed by atoms with Gasteiger partial charge >= 0.3 is 0 Å². The topological polar surface area (TPSA) is 80.1 Å². The second-order valence-corrected chi connectivity index (χ2v) is 4.57. The van der Waals surface area contributed by atoms with Crippen molar-refractivity contribution >= 4 is 5.91 Å². The van der Waals surface area contributed by atoms with Gasteiger partial charge < -0.3 is 15.2 Å². The van der Waals surface area contributed by atoms with Crippen LogP contribution in [0.15, 0.2) is 10.9 Å². The van der Waals surface area contributed by atoms with Gasteiger partial charge in [0.05, 0.1) is 5.54 Å². The molecule has 0 bridgehead atoms. The molecule has 1 aromatic heterocycles. The molecule has 17 heavy (non-hydrogen) atoms. The molecule has 1 aliphatic rings. The number of piperidine rings is 1. The Morgan fingerprint density at radius 3 is 3.18 bits per heavy atom. The van der Waals surface area contributed by atoms with Crippen LogP contribution in [0.5, 0.6) is 0 Å². The van der Waals surface area contributed by atoms with Gasteiger partial charge in [0.2, 0.25) is 12.3 Å². The van der Waals surface area contributed by atoms with Crippen LogP contribution in [0.25, 0.3) is 0 Å². The summed E-state index contributed by atoms with van der Waals surface area (Å²) in [5.74, 6) is 0.674. The average Bonchev–Trinajstić information content (AvgIpc) is 2.83. The number of nitrogens with zero attached hydrogens (tertiary/aromatic N) is 2. The average molecular weight is 238 g/mol. The van der Waals surface area contributed by atoms with Crippen molar-refractivity contribution in [1.82, 2.24) is 20.8 Å². The SMILES string of the molecule is CC1(C(=O)NCCc2ncon2)CCCCN1. The van der Waals surface area contributed by atoms with Crippen molar-refractivity contribution in [2.24, 2.45) is 0 Å². The molecule has 6 nitrogen and oxygen atoms in total. The van der Waals surface area contributed by atoms with Gasteiger partial charge in [0, 0.05) is 13.0 Å². The summed E-state index contributed by atoms with van der Waals surface area (Å²) < 4.78 is 4.62. The predicted octanol–water partition coefficient (Wildman–Crippen LogP) is 0.260. The molecule has 1 saturated heterocycles. The van der Waals surface area contributed by atoms with E-state index < -0.39 is 5.54 Å². The van der Waals surface area contributed by atoms with Crippen molar-refractivity contribution in [1.29, 1.82) is 0 Å². The third kappa shape index (κ3) is 3.03. The van der Waals surface area contributed by atoms with E-state index in [2.05, 4.69) is 25.3 Å². The molecule has 2 rings (SSSR count). The number of hydrogen-bond donors (Lipinski definition) is 2. The van der Waals surface area contributed by atoms with Gasteiger partial charge in [-0.2, -0.15) is 4.98 Å². The van der Waals surface area contributed by atoms with E-state index in [4.69, 9.17) is 0 Å². The van der Waals surface area contributed by atoms with E-state index in [9.17, 15) is 4.79 Å². The molecule has 1 atom stereocenters. The Labute approximate surface area is 100 Å². The van der Waals surface area contributed by atoms with Crippen LogP contribution < -0.4 is 10.6 Å². The molecule has 1 aliphatic heterocycles. The molecule has 1 fully saturated rings. The van der Waals surface area contributed by atoms with E-state index in [-0.39, 0.29) is 5.91 Å². The summed E-state index contributed by atoms with van der Waals surface area (Å²) in [5, 5.41) is 9.88. The van der Waals surface area contributed by atoms with Crippen molar-refractivity contribution in [3.05, 3.63) is 12.2 Å². The lowest BCUT2D eigenvalue weighted by Crippen LogP contribution is -2.57. The van der Waals surface area contributed by atoms with Gasteiger partial charge in [0.15, 0.2) is 5.82 Å². The number of hydrogen-bond acceptors (Lipinski definition) is 5. The highest BCUT2D eigenvalue weighted by atomic mass is 16.5. The van der Waals surface area contributed by atoms with Crippen molar-refractivity contribution in [2.75, 3.05) is 13.1 Å². The summed E-state index contributed by atoms with van der Waals surface area (Å²) in [5.41, 5.74) is -0.421. The fourth-order valence-corrected chi connectivity index (χ4v) is 2.04. The molecular weight excluding hydrogens is 220 g/mol. The fourth-order valence-electron chi connectivity index (χ4n) is 2.04. The molecule has 0 aromatic carbocycles. The molecule has 2 N–H and O–H groups in total. The Balaban J connectivity index is 1.76. The standard InChI is InChI=1S/C11H18N4O2/c1-11(5-2-3-6-14-11)10(16)12-7-4-9-13-8-17-15-9/h8,14H,2-7H2,1H3,(H,12,16). The normalized spacial score (nSPS) is 24.5. The van der Waals surface area contributed by atoms with Gasteiger partial charge in [-0.25, -0.2) is 0 Å². The van der Waals surface area contributed by atoms with Crippen molar-refractivity contribution < 1.29 is 9.32 Å². The molecule has 2 heterocycles. The van der Waals surface area contributed by atoms with Crippen molar-refractivity contribution in [3.8, 4) is 0 Å².